The molecule has 176 valence electrons. The van der Waals surface area contributed by atoms with Crippen LogP contribution in [-0.4, -0.2) is 52.0 Å². The first-order valence-electron chi connectivity index (χ1n) is 11.0. The largest absolute Gasteiger partial charge is 0.463 e. The predicted octanol–water partition coefficient (Wildman–Crippen LogP) is 2.79. The minimum absolute atomic E-state index is 0.175. The lowest BCUT2D eigenvalue weighted by atomic mass is 10.0. The highest BCUT2D eigenvalue weighted by Gasteiger charge is 2.30. The predicted molar refractivity (Wildman–Crippen MR) is 124 cm³/mol. The fourth-order valence-electron chi connectivity index (χ4n) is 3.81. The average molecular weight is 463 g/mol. The normalized spacial score (nSPS) is 15.6. The summed E-state index contributed by atoms with van der Waals surface area (Å²) in [7, 11) is 0. The monoisotopic (exact) mass is 463 g/mol. The molecule has 0 saturated heterocycles. The van der Waals surface area contributed by atoms with E-state index >= 15 is 0 Å². The Balaban J connectivity index is 1.69. The van der Waals surface area contributed by atoms with E-state index < -0.39 is 24.0 Å². The summed E-state index contributed by atoms with van der Waals surface area (Å²) in [5, 5.41) is 10.0. The smallest absolute Gasteiger partial charge is 0.339 e. The van der Waals surface area contributed by atoms with Crippen molar-refractivity contribution in [3.05, 3.63) is 59.4 Å². The van der Waals surface area contributed by atoms with E-state index in [1.807, 2.05) is 37.3 Å². The van der Waals surface area contributed by atoms with Crippen molar-refractivity contribution in [2.24, 2.45) is 0 Å². The molecule has 0 radical (unpaired) electrons. The third-order valence-corrected chi connectivity index (χ3v) is 5.41. The molecular weight excluding hydrogens is 438 g/mol. The van der Waals surface area contributed by atoms with Crippen LogP contribution in [0.4, 0.5) is 4.79 Å². The highest BCUT2D eigenvalue weighted by atomic mass is 16.5. The molecule has 2 amide bonds. The molecule has 10 nitrogen and oxygen atoms in total. The van der Waals surface area contributed by atoms with Gasteiger partial charge in [-0.25, -0.2) is 24.0 Å². The number of nitrogens with zero attached hydrogens (tertiary/aromatic N) is 3. The molecule has 10 heteroatoms. The number of hydrogen-bond donors (Lipinski definition) is 2. The van der Waals surface area contributed by atoms with Crippen LogP contribution in [0, 0.1) is 0 Å². The number of benzene rings is 1. The van der Waals surface area contributed by atoms with Crippen LogP contribution in [0.3, 0.4) is 0 Å². The Kier molecular flexibility index (Phi) is 6.58. The van der Waals surface area contributed by atoms with Crippen molar-refractivity contribution in [3.63, 3.8) is 0 Å². The Morgan fingerprint density at radius 1 is 1.12 bits per heavy atom. The standard InChI is InChI=1S/C24H25N5O5/c1-4-29-21-17(12-25-29)16(11-18(27-21)15-9-7-6-8-10-15)22(30)34-13-19-20(23(31)33-5-2)14(3)26-24(32)28-19/h6-12,14H,4-5,13H2,1-3H3,(H2,26,28,32). The van der Waals surface area contributed by atoms with Gasteiger partial charge in [-0.05, 0) is 26.8 Å². The van der Waals surface area contributed by atoms with Crippen molar-refractivity contribution in [1.29, 1.82) is 0 Å². The molecule has 0 saturated carbocycles. The van der Waals surface area contributed by atoms with Gasteiger partial charge in [0.25, 0.3) is 0 Å². The maximum absolute atomic E-state index is 13.2. The van der Waals surface area contributed by atoms with E-state index in [0.29, 0.717) is 23.3 Å². The number of ether oxygens (including phenoxy) is 2. The quantitative estimate of drug-likeness (QED) is 0.516. The van der Waals surface area contributed by atoms with Gasteiger partial charge in [0.15, 0.2) is 5.65 Å². The fraction of sp³-hybridized carbons (Fsp3) is 0.292. The summed E-state index contributed by atoms with van der Waals surface area (Å²) < 4.78 is 12.4. The summed E-state index contributed by atoms with van der Waals surface area (Å²) >= 11 is 0. The van der Waals surface area contributed by atoms with E-state index in [9.17, 15) is 14.4 Å². The van der Waals surface area contributed by atoms with Gasteiger partial charge in [0, 0.05) is 12.1 Å². The second-order valence-corrected chi connectivity index (χ2v) is 7.63. The van der Waals surface area contributed by atoms with Crippen LogP contribution in [0.15, 0.2) is 53.9 Å². The second-order valence-electron chi connectivity index (χ2n) is 7.63. The molecule has 2 aromatic heterocycles. The van der Waals surface area contributed by atoms with E-state index in [1.54, 1.807) is 30.8 Å². The molecule has 0 bridgehead atoms. The topological polar surface area (TPSA) is 124 Å². The first-order chi connectivity index (χ1) is 16.4. The average Bonchev–Trinajstić information content (AvgIpc) is 3.25. The Labute approximate surface area is 195 Å². The molecule has 0 fully saturated rings. The van der Waals surface area contributed by atoms with Crippen molar-refractivity contribution in [2.45, 2.75) is 33.4 Å². The Hall–Kier alpha value is -4.21. The lowest BCUT2D eigenvalue weighted by Gasteiger charge is -2.26. The maximum Gasteiger partial charge on any atom is 0.339 e. The maximum atomic E-state index is 13.2. The van der Waals surface area contributed by atoms with Gasteiger partial charge in [0.05, 0.1) is 46.8 Å². The van der Waals surface area contributed by atoms with E-state index in [1.165, 1.54) is 0 Å². The van der Waals surface area contributed by atoms with Crippen LogP contribution < -0.4 is 10.6 Å². The minimum Gasteiger partial charge on any atom is -0.463 e. The second kappa shape index (κ2) is 9.74. The van der Waals surface area contributed by atoms with Crippen LogP contribution in [0.1, 0.15) is 31.1 Å². The van der Waals surface area contributed by atoms with E-state index in [2.05, 4.69) is 15.7 Å². The van der Waals surface area contributed by atoms with Gasteiger partial charge in [0.1, 0.15) is 6.61 Å². The van der Waals surface area contributed by atoms with Crippen LogP contribution in [-0.2, 0) is 20.8 Å². The number of pyridine rings is 1. The summed E-state index contributed by atoms with van der Waals surface area (Å²) in [5.74, 6) is -1.22. The molecule has 0 spiro atoms. The van der Waals surface area contributed by atoms with Gasteiger partial charge in [-0.2, -0.15) is 5.10 Å². The van der Waals surface area contributed by atoms with Crippen LogP contribution in [0.5, 0.6) is 0 Å². The first-order valence-corrected chi connectivity index (χ1v) is 11.0. The van der Waals surface area contributed by atoms with E-state index in [4.69, 9.17) is 14.5 Å². The summed E-state index contributed by atoms with van der Waals surface area (Å²) in [6.45, 7) is 5.73. The summed E-state index contributed by atoms with van der Waals surface area (Å²) in [6, 6.07) is 10.1. The minimum atomic E-state index is -0.628. The molecule has 3 aromatic rings. The SMILES string of the molecule is CCOC(=O)C1=C(COC(=O)c2cc(-c3ccccc3)nc3c2cnn3CC)NC(=O)NC1C. The Morgan fingerprint density at radius 2 is 1.88 bits per heavy atom. The van der Waals surface area contributed by atoms with Crippen molar-refractivity contribution >= 4 is 29.0 Å². The molecule has 1 unspecified atom stereocenters. The molecule has 1 aliphatic heterocycles. The van der Waals surface area contributed by atoms with Crippen LogP contribution >= 0.6 is 0 Å². The van der Waals surface area contributed by atoms with Crippen LogP contribution in [0.25, 0.3) is 22.3 Å². The highest BCUT2D eigenvalue weighted by Crippen LogP contribution is 2.26. The van der Waals surface area contributed by atoms with Crippen LogP contribution in [0.2, 0.25) is 0 Å². The molecule has 3 heterocycles. The lowest BCUT2D eigenvalue weighted by Crippen LogP contribution is -2.50. The Morgan fingerprint density at radius 3 is 2.59 bits per heavy atom. The summed E-state index contributed by atoms with van der Waals surface area (Å²) in [5.41, 5.74) is 2.68. The molecule has 2 N–H and O–H groups in total. The first kappa shape index (κ1) is 23.0. The number of hydrogen-bond acceptors (Lipinski definition) is 7. The number of amides is 2. The zero-order valence-electron chi connectivity index (χ0n) is 19.1. The van der Waals surface area contributed by atoms with E-state index in [-0.39, 0.29) is 30.0 Å². The van der Waals surface area contributed by atoms with Crippen molar-refractivity contribution in [3.8, 4) is 11.3 Å². The third kappa shape index (κ3) is 4.47. The van der Waals surface area contributed by atoms with Crippen molar-refractivity contribution in [1.82, 2.24) is 25.4 Å². The number of urea groups is 1. The molecule has 34 heavy (non-hydrogen) atoms. The number of nitrogens with one attached hydrogen (secondary N) is 2. The highest BCUT2D eigenvalue weighted by molar-refractivity contribution is 6.04. The Bertz CT molecular complexity index is 1280. The van der Waals surface area contributed by atoms with Crippen molar-refractivity contribution in [2.75, 3.05) is 13.2 Å². The molecule has 1 aliphatic rings. The number of carbonyl (C=O) groups is 3. The molecule has 0 aliphatic carbocycles. The van der Waals surface area contributed by atoms with Gasteiger partial charge in [-0.3, -0.25) is 0 Å². The molecule has 1 aromatic carbocycles. The zero-order valence-corrected chi connectivity index (χ0v) is 19.1. The number of rotatable bonds is 7. The van der Waals surface area contributed by atoms with Crippen molar-refractivity contribution < 1.29 is 23.9 Å². The molecular formula is C24H25N5O5. The number of aryl methyl sites for hydroxylation is 1. The number of fused-ring (bicyclic) bond motifs is 1. The molecule has 1 atom stereocenters. The number of esters is 2. The molecule has 4 rings (SSSR count). The van der Waals surface area contributed by atoms with Gasteiger partial charge in [-0.1, -0.05) is 30.3 Å². The van der Waals surface area contributed by atoms with Gasteiger partial charge in [-0.15, -0.1) is 0 Å². The summed E-state index contributed by atoms with van der Waals surface area (Å²) in [6.07, 6.45) is 1.58. The zero-order chi connectivity index (χ0) is 24.2. The van der Waals surface area contributed by atoms with Gasteiger partial charge >= 0.3 is 18.0 Å². The third-order valence-electron chi connectivity index (χ3n) is 5.41. The number of aromatic nitrogens is 3. The van der Waals surface area contributed by atoms with Gasteiger partial charge in [0.2, 0.25) is 0 Å². The number of carbonyl (C=O) groups excluding carboxylic acids is 3. The van der Waals surface area contributed by atoms with E-state index in [0.717, 1.165) is 5.56 Å². The fourth-order valence-corrected chi connectivity index (χ4v) is 3.81. The van der Waals surface area contributed by atoms with Gasteiger partial charge < -0.3 is 20.1 Å². The summed E-state index contributed by atoms with van der Waals surface area (Å²) in [4.78, 5) is 42.3. The lowest BCUT2D eigenvalue weighted by molar-refractivity contribution is -0.139.